The Morgan fingerprint density at radius 3 is 2.72 bits per heavy atom. The highest BCUT2D eigenvalue weighted by molar-refractivity contribution is 7.98. The number of nitrogens with zero attached hydrogens (tertiary/aromatic N) is 3. The maximum absolute atomic E-state index is 11.6. The van der Waals surface area contributed by atoms with E-state index < -0.39 is 9.84 Å². The normalized spacial score (nSPS) is 20.6. The minimum Gasteiger partial charge on any atom is -0.367 e. The number of thioether (sulfide) groups is 1. The first-order chi connectivity index (χ1) is 11.7. The first-order valence-electron chi connectivity index (χ1n) is 8.15. The van der Waals surface area contributed by atoms with Gasteiger partial charge in [0.15, 0.2) is 5.16 Å². The number of hydrogen-bond donors (Lipinski definition) is 0. The Labute approximate surface area is 153 Å². The van der Waals surface area contributed by atoms with Crippen LogP contribution in [0.1, 0.15) is 19.4 Å². The lowest BCUT2D eigenvalue weighted by Gasteiger charge is -2.48. The van der Waals surface area contributed by atoms with Crippen LogP contribution in [0, 0.1) is 5.92 Å². The van der Waals surface area contributed by atoms with E-state index in [9.17, 15) is 8.42 Å². The molecule has 1 aromatic carbocycles. The van der Waals surface area contributed by atoms with E-state index in [-0.39, 0.29) is 17.7 Å². The molecule has 1 saturated heterocycles. The molecule has 25 heavy (non-hydrogen) atoms. The molecule has 5 nitrogen and oxygen atoms in total. The molecule has 134 valence electrons. The number of hydrogen-bond acceptors (Lipinski definition) is 6. The smallest absolute Gasteiger partial charge is 0.187 e. The molecule has 2 atom stereocenters. The molecule has 0 unspecified atom stereocenters. The second kappa shape index (κ2) is 6.61. The van der Waals surface area contributed by atoms with Gasteiger partial charge in [0, 0.05) is 47.6 Å². The van der Waals surface area contributed by atoms with Crippen LogP contribution >= 0.6 is 11.8 Å². The largest absolute Gasteiger partial charge is 0.367 e. The number of sulfone groups is 1. The van der Waals surface area contributed by atoms with Gasteiger partial charge < -0.3 is 4.90 Å². The monoisotopic (exact) mass is 377 g/mol. The van der Waals surface area contributed by atoms with Gasteiger partial charge >= 0.3 is 0 Å². The van der Waals surface area contributed by atoms with Gasteiger partial charge in [0.05, 0.1) is 11.3 Å². The zero-order chi connectivity index (χ0) is 18.4. The maximum atomic E-state index is 11.6. The lowest BCUT2D eigenvalue weighted by molar-refractivity contribution is 0.342. The third kappa shape index (κ3) is 3.53. The van der Waals surface area contributed by atoms with Crippen molar-refractivity contribution in [3.8, 4) is 0 Å². The Balaban J connectivity index is 2.01. The molecular formula is C18H23N3O2S2. The minimum atomic E-state index is -2.96. The van der Waals surface area contributed by atoms with Crippen molar-refractivity contribution in [1.82, 2.24) is 9.97 Å². The topological polar surface area (TPSA) is 63.2 Å². The molecule has 1 aliphatic rings. The third-order valence-corrected chi connectivity index (χ3v) is 6.37. The zero-order valence-corrected chi connectivity index (χ0v) is 16.6. The van der Waals surface area contributed by atoms with Gasteiger partial charge in [0.1, 0.15) is 9.84 Å². The third-order valence-electron chi connectivity index (χ3n) is 4.78. The molecule has 0 amide bonds. The van der Waals surface area contributed by atoms with Gasteiger partial charge in [-0.2, -0.15) is 0 Å². The van der Waals surface area contributed by atoms with Crippen LogP contribution < -0.4 is 4.90 Å². The molecule has 0 radical (unpaired) electrons. The van der Waals surface area contributed by atoms with E-state index in [2.05, 4.69) is 34.4 Å². The minimum absolute atomic E-state index is 0.164. The van der Waals surface area contributed by atoms with Crippen LogP contribution in [0.2, 0.25) is 0 Å². The van der Waals surface area contributed by atoms with E-state index in [1.54, 1.807) is 0 Å². The highest BCUT2D eigenvalue weighted by Crippen LogP contribution is 2.38. The number of anilines is 1. The fourth-order valence-corrected chi connectivity index (χ4v) is 4.87. The average molecular weight is 378 g/mol. The van der Waals surface area contributed by atoms with Crippen molar-refractivity contribution in [3.63, 3.8) is 0 Å². The summed E-state index contributed by atoms with van der Waals surface area (Å²) in [7, 11) is -2.96. The lowest BCUT2D eigenvalue weighted by Crippen LogP contribution is -2.57. The molecule has 1 fully saturated rings. The Morgan fingerprint density at radius 1 is 1.44 bits per heavy atom. The summed E-state index contributed by atoms with van der Waals surface area (Å²) >= 11 is 1.51. The first-order valence-corrected chi connectivity index (χ1v) is 11.4. The summed E-state index contributed by atoms with van der Waals surface area (Å²) in [6.45, 7) is 8.85. The SMILES string of the molecule is C=C(C)c1ccc(N2C[C@H](CS(C)(=O)=O)[C@H]2C)c2cnc(SC)nc12. The van der Waals surface area contributed by atoms with E-state index in [0.29, 0.717) is 0 Å². The predicted molar refractivity (Wildman–Crippen MR) is 106 cm³/mol. The molecule has 3 rings (SSSR count). The van der Waals surface area contributed by atoms with Crippen LogP contribution in [0.15, 0.2) is 30.1 Å². The summed E-state index contributed by atoms with van der Waals surface area (Å²) in [5.41, 5.74) is 3.96. The van der Waals surface area contributed by atoms with Crippen LogP contribution in [-0.4, -0.2) is 49.2 Å². The molecule has 0 N–H and O–H groups in total. The van der Waals surface area contributed by atoms with Crippen LogP contribution in [0.5, 0.6) is 0 Å². The Bertz CT molecular complexity index is 941. The molecule has 0 aliphatic carbocycles. The molecule has 0 bridgehead atoms. The number of fused-ring (bicyclic) bond motifs is 1. The van der Waals surface area contributed by atoms with E-state index in [0.717, 1.165) is 39.4 Å². The van der Waals surface area contributed by atoms with Crippen LogP contribution in [0.3, 0.4) is 0 Å². The second-order valence-electron chi connectivity index (χ2n) is 6.78. The van der Waals surface area contributed by atoms with Crippen molar-refractivity contribution in [2.45, 2.75) is 25.0 Å². The highest BCUT2D eigenvalue weighted by atomic mass is 32.2. The molecule has 0 saturated carbocycles. The number of allylic oxidation sites excluding steroid dienone is 1. The molecule has 2 heterocycles. The Morgan fingerprint density at radius 2 is 2.16 bits per heavy atom. The average Bonchev–Trinajstić information content (AvgIpc) is 2.55. The summed E-state index contributed by atoms with van der Waals surface area (Å²) in [6, 6.07) is 4.30. The van der Waals surface area contributed by atoms with Gasteiger partial charge in [-0.05, 0) is 31.7 Å². The van der Waals surface area contributed by atoms with Crippen LogP contribution in [-0.2, 0) is 9.84 Å². The Kier molecular flexibility index (Phi) is 4.81. The van der Waals surface area contributed by atoms with E-state index in [4.69, 9.17) is 0 Å². The van der Waals surface area contributed by atoms with Gasteiger partial charge in [0.2, 0.25) is 0 Å². The van der Waals surface area contributed by atoms with Crippen LogP contribution in [0.4, 0.5) is 5.69 Å². The lowest BCUT2D eigenvalue weighted by atomic mass is 9.90. The molecule has 0 spiro atoms. The summed E-state index contributed by atoms with van der Waals surface area (Å²) in [5, 5.41) is 1.72. The van der Waals surface area contributed by atoms with Crippen molar-refractivity contribution in [2.24, 2.45) is 5.92 Å². The quantitative estimate of drug-likeness (QED) is 0.589. The zero-order valence-electron chi connectivity index (χ0n) is 15.0. The fraction of sp³-hybridized carbons (Fsp3) is 0.444. The van der Waals surface area contributed by atoms with Crippen molar-refractivity contribution < 1.29 is 8.42 Å². The summed E-state index contributed by atoms with van der Waals surface area (Å²) in [5.74, 6) is 0.400. The molecule has 2 aromatic rings. The van der Waals surface area contributed by atoms with E-state index in [1.165, 1.54) is 18.0 Å². The standard InChI is InChI=1S/C18H23N3O2S2/c1-11(2)14-6-7-16(15-8-19-18(24-4)20-17(14)15)21-9-13(12(21)3)10-25(5,22)23/h6-8,12-13H,1,9-10H2,2-5H3/t12-,13-/m1/s1. The highest BCUT2D eigenvalue weighted by Gasteiger charge is 2.38. The summed E-state index contributed by atoms with van der Waals surface area (Å²) in [4.78, 5) is 11.4. The van der Waals surface area contributed by atoms with Gasteiger partial charge in [-0.25, -0.2) is 18.4 Å². The van der Waals surface area contributed by atoms with Crippen molar-refractivity contribution in [3.05, 3.63) is 30.5 Å². The van der Waals surface area contributed by atoms with Crippen LogP contribution in [0.25, 0.3) is 16.5 Å². The molecule has 1 aliphatic heterocycles. The molecule has 7 heteroatoms. The van der Waals surface area contributed by atoms with E-state index >= 15 is 0 Å². The first kappa shape index (κ1) is 18.2. The predicted octanol–water partition coefficient (Wildman–Crippen LogP) is 3.25. The fourth-order valence-electron chi connectivity index (χ4n) is 3.37. The van der Waals surface area contributed by atoms with Gasteiger partial charge in [-0.3, -0.25) is 0 Å². The van der Waals surface area contributed by atoms with E-state index in [1.807, 2.05) is 25.4 Å². The maximum Gasteiger partial charge on any atom is 0.187 e. The van der Waals surface area contributed by atoms with Gasteiger partial charge in [0.25, 0.3) is 0 Å². The molecular weight excluding hydrogens is 354 g/mol. The van der Waals surface area contributed by atoms with Gasteiger partial charge in [-0.1, -0.05) is 24.4 Å². The summed E-state index contributed by atoms with van der Waals surface area (Å²) in [6.07, 6.45) is 5.13. The number of rotatable bonds is 5. The van der Waals surface area contributed by atoms with Crippen molar-refractivity contribution in [1.29, 1.82) is 0 Å². The van der Waals surface area contributed by atoms with Gasteiger partial charge in [-0.15, -0.1) is 0 Å². The second-order valence-corrected chi connectivity index (χ2v) is 9.74. The number of aromatic nitrogens is 2. The van der Waals surface area contributed by atoms with Crippen molar-refractivity contribution >= 4 is 43.8 Å². The molecule has 1 aromatic heterocycles. The summed E-state index contributed by atoms with van der Waals surface area (Å²) < 4.78 is 23.2. The Hall–Kier alpha value is -1.60. The van der Waals surface area contributed by atoms with Crippen molar-refractivity contribution in [2.75, 3.05) is 29.7 Å². The number of benzene rings is 1.